The van der Waals surface area contributed by atoms with E-state index in [2.05, 4.69) is 4.98 Å². The molecule has 0 spiro atoms. The summed E-state index contributed by atoms with van der Waals surface area (Å²) in [6, 6.07) is 3.18. The summed E-state index contributed by atoms with van der Waals surface area (Å²) in [7, 11) is 1.57. The van der Waals surface area contributed by atoms with E-state index in [1.165, 1.54) is 11.0 Å². The first-order valence-corrected chi connectivity index (χ1v) is 5.38. The number of amides is 1. The van der Waals surface area contributed by atoms with E-state index in [4.69, 9.17) is 0 Å². The van der Waals surface area contributed by atoms with Crippen LogP contribution in [-0.4, -0.2) is 40.1 Å². The molecule has 0 bridgehead atoms. The van der Waals surface area contributed by atoms with Crippen molar-refractivity contribution in [1.82, 2.24) is 9.88 Å². The molecule has 0 saturated heterocycles. The van der Waals surface area contributed by atoms with Crippen LogP contribution in [0.15, 0.2) is 16.9 Å². The van der Waals surface area contributed by atoms with Gasteiger partial charge in [-0.1, -0.05) is 0 Å². The molecule has 17 heavy (non-hydrogen) atoms. The van der Waals surface area contributed by atoms with Gasteiger partial charge in [-0.2, -0.15) is 0 Å². The van der Waals surface area contributed by atoms with Gasteiger partial charge in [0, 0.05) is 12.7 Å². The first kappa shape index (κ1) is 13.4. The van der Waals surface area contributed by atoms with Crippen molar-refractivity contribution in [3.8, 4) is 0 Å². The molecule has 5 heteroatoms. The van der Waals surface area contributed by atoms with Crippen LogP contribution in [0.1, 0.15) is 29.9 Å². The highest BCUT2D eigenvalue weighted by molar-refractivity contribution is 5.94. The van der Waals surface area contributed by atoms with Crippen molar-refractivity contribution in [3.05, 3.63) is 33.7 Å². The Morgan fingerprint density at radius 1 is 1.47 bits per heavy atom. The summed E-state index contributed by atoms with van der Waals surface area (Å²) >= 11 is 0. The van der Waals surface area contributed by atoms with E-state index in [-0.39, 0.29) is 12.2 Å². The molecule has 0 aliphatic carbocycles. The van der Waals surface area contributed by atoms with Crippen molar-refractivity contribution >= 4 is 5.91 Å². The van der Waals surface area contributed by atoms with Gasteiger partial charge >= 0.3 is 0 Å². The molecule has 1 amide bonds. The molecule has 94 valence electrons. The minimum Gasteiger partial charge on any atom is -0.394 e. The normalized spacial score (nSPS) is 11.4. The third kappa shape index (κ3) is 2.74. The first-order valence-electron chi connectivity index (χ1n) is 5.38. The Bertz CT molecular complexity index is 477. The molecule has 1 aromatic heterocycles. The Morgan fingerprint density at radius 3 is 2.53 bits per heavy atom. The number of nitrogens with one attached hydrogen (secondary N) is 1. The van der Waals surface area contributed by atoms with Crippen molar-refractivity contribution in [2.24, 2.45) is 0 Å². The summed E-state index contributed by atoms with van der Waals surface area (Å²) in [6.45, 7) is 5.04. The highest BCUT2D eigenvalue weighted by atomic mass is 16.3. The van der Waals surface area contributed by atoms with Gasteiger partial charge in [-0.3, -0.25) is 9.59 Å². The Morgan fingerprint density at radius 2 is 2.06 bits per heavy atom. The third-order valence-electron chi connectivity index (χ3n) is 2.89. The highest BCUT2D eigenvalue weighted by Gasteiger charge is 2.28. The second-order valence-electron chi connectivity index (χ2n) is 4.72. The number of carbonyl (C=O) groups is 1. The lowest BCUT2D eigenvalue weighted by molar-refractivity contribution is 0.0471. The number of carbonyl (C=O) groups excluding carboxylic acids is 1. The number of aromatic nitrogens is 1. The summed E-state index contributed by atoms with van der Waals surface area (Å²) in [6.07, 6.45) is 0. The van der Waals surface area contributed by atoms with Crippen LogP contribution >= 0.6 is 0 Å². The molecule has 0 saturated carbocycles. The third-order valence-corrected chi connectivity index (χ3v) is 2.89. The summed E-state index contributed by atoms with van der Waals surface area (Å²) in [4.78, 5) is 27.7. The van der Waals surface area contributed by atoms with Crippen molar-refractivity contribution in [1.29, 1.82) is 0 Å². The zero-order chi connectivity index (χ0) is 13.2. The molecule has 1 rings (SSSR count). The Kier molecular flexibility index (Phi) is 3.72. The van der Waals surface area contributed by atoms with Crippen molar-refractivity contribution < 1.29 is 9.90 Å². The predicted molar refractivity (Wildman–Crippen MR) is 65.1 cm³/mol. The van der Waals surface area contributed by atoms with Gasteiger partial charge in [0.05, 0.1) is 12.1 Å². The van der Waals surface area contributed by atoms with Gasteiger partial charge in [0.1, 0.15) is 5.56 Å². The number of aromatic amines is 1. The maximum Gasteiger partial charge on any atom is 0.260 e. The topological polar surface area (TPSA) is 73.4 Å². The van der Waals surface area contributed by atoms with E-state index >= 15 is 0 Å². The molecule has 5 nitrogen and oxygen atoms in total. The van der Waals surface area contributed by atoms with Crippen LogP contribution in [0.4, 0.5) is 0 Å². The maximum absolute atomic E-state index is 12.1. The zero-order valence-corrected chi connectivity index (χ0v) is 10.6. The molecule has 0 aliphatic rings. The summed E-state index contributed by atoms with van der Waals surface area (Å²) in [5.41, 5.74) is -0.320. The summed E-state index contributed by atoms with van der Waals surface area (Å²) in [5.74, 6) is -0.398. The molecule has 1 heterocycles. The Hall–Kier alpha value is -1.62. The van der Waals surface area contributed by atoms with E-state index in [9.17, 15) is 14.7 Å². The van der Waals surface area contributed by atoms with Crippen molar-refractivity contribution in [3.63, 3.8) is 0 Å². The Labute approximate surface area is 100 Å². The lowest BCUT2D eigenvalue weighted by atomic mass is 10.0. The lowest BCUT2D eigenvalue weighted by Crippen LogP contribution is -2.48. The van der Waals surface area contributed by atoms with E-state index < -0.39 is 17.0 Å². The van der Waals surface area contributed by atoms with Gasteiger partial charge in [-0.05, 0) is 32.9 Å². The average Bonchev–Trinajstić information content (AvgIpc) is 2.27. The minimum absolute atomic E-state index is 0.0830. The monoisotopic (exact) mass is 238 g/mol. The highest BCUT2D eigenvalue weighted by Crippen LogP contribution is 2.13. The first-order chi connectivity index (χ1) is 7.79. The number of likely N-dealkylation sites (N-methyl/N-ethyl adjacent to an activating group) is 1. The molecule has 0 aromatic carbocycles. The zero-order valence-electron chi connectivity index (χ0n) is 10.6. The van der Waals surface area contributed by atoms with Gasteiger partial charge in [0.15, 0.2) is 0 Å². The number of H-pyrrole nitrogens is 1. The van der Waals surface area contributed by atoms with E-state index in [1.54, 1.807) is 33.9 Å². The van der Waals surface area contributed by atoms with Gasteiger partial charge < -0.3 is 15.0 Å². The quantitative estimate of drug-likeness (QED) is 0.806. The molecule has 0 radical (unpaired) electrons. The molecule has 0 atom stereocenters. The number of aliphatic hydroxyl groups is 1. The van der Waals surface area contributed by atoms with E-state index in [0.717, 1.165) is 0 Å². The van der Waals surface area contributed by atoms with Crippen LogP contribution in [0.2, 0.25) is 0 Å². The molecule has 0 aliphatic heterocycles. The minimum atomic E-state index is -0.700. The fraction of sp³-hybridized carbons (Fsp3) is 0.500. The largest absolute Gasteiger partial charge is 0.394 e. The van der Waals surface area contributed by atoms with Crippen molar-refractivity contribution in [2.45, 2.75) is 26.3 Å². The Balaban J connectivity index is 3.09. The van der Waals surface area contributed by atoms with Crippen LogP contribution < -0.4 is 5.56 Å². The summed E-state index contributed by atoms with van der Waals surface area (Å²) < 4.78 is 0. The smallest absolute Gasteiger partial charge is 0.260 e. The van der Waals surface area contributed by atoms with Crippen LogP contribution in [0, 0.1) is 6.92 Å². The van der Waals surface area contributed by atoms with Gasteiger partial charge in [-0.15, -0.1) is 0 Å². The SMILES string of the molecule is Cc1ccc(C(=O)N(C)C(C)(C)CO)c(=O)[nH]1. The lowest BCUT2D eigenvalue weighted by Gasteiger charge is -2.33. The fourth-order valence-corrected chi connectivity index (χ4v) is 1.30. The standard InChI is InChI=1S/C12H18N2O3/c1-8-5-6-9(10(16)13-8)11(17)14(4)12(2,3)7-15/h5-6,15H,7H2,1-4H3,(H,13,16). The number of rotatable bonds is 3. The number of aliphatic hydroxyl groups excluding tert-OH is 1. The number of hydrogen-bond acceptors (Lipinski definition) is 3. The van der Waals surface area contributed by atoms with E-state index in [1.807, 2.05) is 0 Å². The van der Waals surface area contributed by atoms with Gasteiger partial charge in [-0.25, -0.2) is 0 Å². The van der Waals surface area contributed by atoms with E-state index in [0.29, 0.717) is 5.69 Å². The molecular weight excluding hydrogens is 220 g/mol. The fourth-order valence-electron chi connectivity index (χ4n) is 1.30. The number of hydrogen-bond donors (Lipinski definition) is 2. The van der Waals surface area contributed by atoms with Crippen molar-refractivity contribution in [2.75, 3.05) is 13.7 Å². The predicted octanol–water partition coefficient (Wildman–Crippen LogP) is 0.526. The maximum atomic E-state index is 12.1. The van der Waals surface area contributed by atoms with Crippen LogP contribution in [-0.2, 0) is 0 Å². The number of nitrogens with zero attached hydrogens (tertiary/aromatic N) is 1. The second-order valence-corrected chi connectivity index (χ2v) is 4.72. The van der Waals surface area contributed by atoms with Crippen LogP contribution in [0.25, 0.3) is 0 Å². The molecule has 1 aromatic rings. The molecule has 0 unspecified atom stereocenters. The van der Waals surface area contributed by atoms with Crippen LogP contribution in [0.5, 0.6) is 0 Å². The van der Waals surface area contributed by atoms with Gasteiger partial charge in [0.2, 0.25) is 0 Å². The van der Waals surface area contributed by atoms with Crippen LogP contribution in [0.3, 0.4) is 0 Å². The summed E-state index contributed by atoms with van der Waals surface area (Å²) in [5, 5.41) is 9.19. The molecule has 0 fully saturated rings. The second kappa shape index (κ2) is 4.71. The number of aryl methyl sites for hydroxylation is 1. The number of pyridine rings is 1. The average molecular weight is 238 g/mol. The molecule has 2 N–H and O–H groups in total. The molecular formula is C12H18N2O3. The van der Waals surface area contributed by atoms with Gasteiger partial charge in [0.25, 0.3) is 11.5 Å².